The highest BCUT2D eigenvalue weighted by Gasteiger charge is 2.00. The van der Waals surface area contributed by atoms with Gasteiger partial charge in [0.2, 0.25) is 10.0 Å². The summed E-state index contributed by atoms with van der Waals surface area (Å²) in [6.45, 7) is 4.27. The molecule has 4 nitrogen and oxygen atoms in total. The summed E-state index contributed by atoms with van der Waals surface area (Å²) in [5.74, 6) is 0. The lowest BCUT2D eigenvalue weighted by Gasteiger charge is -2.04. The van der Waals surface area contributed by atoms with E-state index in [4.69, 9.17) is 0 Å². The monoisotopic (exact) mass is 262 g/mol. The van der Waals surface area contributed by atoms with Crippen LogP contribution < -0.4 is 10.0 Å². The lowest BCUT2D eigenvalue weighted by Crippen LogP contribution is -2.26. The van der Waals surface area contributed by atoms with E-state index in [2.05, 4.69) is 28.4 Å². The van der Waals surface area contributed by atoms with Crippen LogP contribution in [0.2, 0.25) is 0 Å². The number of thiophene rings is 1. The van der Waals surface area contributed by atoms with Crippen LogP contribution in [0.25, 0.3) is 0 Å². The molecule has 1 aromatic heterocycles. The number of hydrogen-bond donors (Lipinski definition) is 2. The van der Waals surface area contributed by atoms with Crippen molar-refractivity contribution in [3.63, 3.8) is 0 Å². The molecule has 0 fully saturated rings. The van der Waals surface area contributed by atoms with E-state index in [1.165, 1.54) is 16.7 Å². The van der Waals surface area contributed by atoms with E-state index in [0.717, 1.165) is 19.5 Å². The van der Waals surface area contributed by atoms with Crippen LogP contribution in [0.4, 0.5) is 0 Å². The molecular formula is C10H18N2O2S2. The summed E-state index contributed by atoms with van der Waals surface area (Å²) in [5.41, 5.74) is 1.31. The van der Waals surface area contributed by atoms with Gasteiger partial charge in [-0.25, -0.2) is 13.1 Å². The van der Waals surface area contributed by atoms with Crippen molar-refractivity contribution >= 4 is 21.4 Å². The highest BCUT2D eigenvalue weighted by atomic mass is 32.2. The fourth-order valence-electron chi connectivity index (χ4n) is 1.26. The third kappa shape index (κ3) is 5.60. The number of hydrogen-bond acceptors (Lipinski definition) is 4. The second kappa shape index (κ2) is 6.34. The Hall–Kier alpha value is -0.430. The molecule has 1 rings (SSSR count). The van der Waals surface area contributed by atoms with E-state index in [1.54, 1.807) is 11.3 Å². The van der Waals surface area contributed by atoms with Crippen LogP contribution >= 0.6 is 11.3 Å². The molecular weight excluding hydrogens is 244 g/mol. The molecule has 0 unspecified atom stereocenters. The molecule has 16 heavy (non-hydrogen) atoms. The SMILES string of the molecule is Cc1ccsc1CNCCCNS(C)(=O)=O. The van der Waals surface area contributed by atoms with Crippen LogP contribution in [-0.2, 0) is 16.6 Å². The molecule has 1 aromatic rings. The Morgan fingerprint density at radius 1 is 1.38 bits per heavy atom. The van der Waals surface area contributed by atoms with Crippen molar-refractivity contribution in [1.29, 1.82) is 0 Å². The van der Waals surface area contributed by atoms with Gasteiger partial charge in [-0.05, 0) is 36.9 Å². The molecule has 1 heterocycles. The lowest BCUT2D eigenvalue weighted by atomic mass is 10.3. The van der Waals surface area contributed by atoms with E-state index in [1.807, 2.05) is 0 Å². The molecule has 0 radical (unpaired) electrons. The van der Waals surface area contributed by atoms with Gasteiger partial charge in [-0.15, -0.1) is 11.3 Å². The van der Waals surface area contributed by atoms with Crippen molar-refractivity contribution in [1.82, 2.24) is 10.0 Å². The third-order valence-electron chi connectivity index (χ3n) is 2.15. The molecule has 0 aliphatic rings. The minimum absolute atomic E-state index is 0.495. The minimum Gasteiger partial charge on any atom is -0.312 e. The van der Waals surface area contributed by atoms with E-state index >= 15 is 0 Å². The van der Waals surface area contributed by atoms with Gasteiger partial charge in [0, 0.05) is 18.0 Å². The number of aryl methyl sites for hydroxylation is 1. The van der Waals surface area contributed by atoms with Crippen LogP contribution in [0, 0.1) is 6.92 Å². The maximum Gasteiger partial charge on any atom is 0.208 e. The number of rotatable bonds is 7. The Labute approximate surface area is 101 Å². The van der Waals surface area contributed by atoms with Gasteiger partial charge in [0.1, 0.15) is 0 Å². The fourth-order valence-corrected chi connectivity index (χ4v) is 2.65. The minimum atomic E-state index is -3.04. The maximum absolute atomic E-state index is 10.8. The van der Waals surface area contributed by atoms with Gasteiger partial charge in [0.15, 0.2) is 0 Å². The topological polar surface area (TPSA) is 58.2 Å². The van der Waals surface area contributed by atoms with Gasteiger partial charge in [-0.1, -0.05) is 0 Å². The first-order valence-electron chi connectivity index (χ1n) is 5.17. The fraction of sp³-hybridized carbons (Fsp3) is 0.600. The second-order valence-corrected chi connectivity index (χ2v) is 6.56. The predicted molar refractivity (Wildman–Crippen MR) is 68.2 cm³/mol. The molecule has 0 saturated heterocycles. The summed E-state index contributed by atoms with van der Waals surface area (Å²) in [7, 11) is -3.04. The molecule has 0 saturated carbocycles. The number of sulfonamides is 1. The zero-order valence-corrected chi connectivity index (χ0v) is 11.2. The van der Waals surface area contributed by atoms with Crippen LogP contribution in [0.15, 0.2) is 11.4 Å². The summed E-state index contributed by atoms with van der Waals surface area (Å²) in [6.07, 6.45) is 1.98. The lowest BCUT2D eigenvalue weighted by molar-refractivity contribution is 0.579. The second-order valence-electron chi connectivity index (χ2n) is 3.72. The Morgan fingerprint density at radius 3 is 2.69 bits per heavy atom. The van der Waals surface area contributed by atoms with Crippen LogP contribution in [-0.4, -0.2) is 27.8 Å². The smallest absolute Gasteiger partial charge is 0.208 e. The highest BCUT2D eigenvalue weighted by Crippen LogP contribution is 2.14. The van der Waals surface area contributed by atoms with Crippen molar-refractivity contribution < 1.29 is 8.42 Å². The summed E-state index contributed by atoms with van der Waals surface area (Å²) in [4.78, 5) is 1.34. The molecule has 0 bridgehead atoms. The molecule has 0 amide bonds. The van der Waals surface area contributed by atoms with Gasteiger partial charge in [-0.3, -0.25) is 0 Å². The van der Waals surface area contributed by atoms with Gasteiger partial charge < -0.3 is 5.32 Å². The van der Waals surface area contributed by atoms with Gasteiger partial charge in [-0.2, -0.15) is 0 Å². The standard InChI is InChI=1S/C10H18N2O2S2/c1-9-4-7-15-10(9)8-11-5-3-6-12-16(2,13)14/h4,7,11-12H,3,5-6,8H2,1-2H3. The Kier molecular flexibility index (Phi) is 5.40. The first-order chi connectivity index (χ1) is 7.49. The predicted octanol–water partition coefficient (Wildman–Crippen LogP) is 1.09. The van der Waals surface area contributed by atoms with Crippen molar-refractivity contribution in [2.75, 3.05) is 19.3 Å². The van der Waals surface area contributed by atoms with Crippen LogP contribution in [0.1, 0.15) is 16.9 Å². The zero-order chi connectivity index (χ0) is 12.0. The Bertz CT molecular complexity index is 412. The molecule has 0 aromatic carbocycles. The van der Waals surface area contributed by atoms with Crippen molar-refractivity contribution in [3.8, 4) is 0 Å². The third-order valence-corrected chi connectivity index (χ3v) is 3.90. The molecule has 6 heteroatoms. The Balaban J connectivity index is 2.07. The van der Waals surface area contributed by atoms with Crippen molar-refractivity contribution in [2.24, 2.45) is 0 Å². The van der Waals surface area contributed by atoms with E-state index in [0.29, 0.717) is 6.54 Å². The molecule has 92 valence electrons. The molecule has 0 aliphatic carbocycles. The Morgan fingerprint density at radius 2 is 2.12 bits per heavy atom. The zero-order valence-electron chi connectivity index (χ0n) is 9.62. The van der Waals surface area contributed by atoms with E-state index < -0.39 is 10.0 Å². The summed E-state index contributed by atoms with van der Waals surface area (Å²) in [6, 6.07) is 2.10. The first-order valence-corrected chi connectivity index (χ1v) is 7.94. The van der Waals surface area contributed by atoms with Crippen LogP contribution in [0.3, 0.4) is 0 Å². The van der Waals surface area contributed by atoms with Gasteiger partial charge in [0.25, 0.3) is 0 Å². The molecule has 0 atom stereocenters. The molecule has 2 N–H and O–H groups in total. The van der Waals surface area contributed by atoms with Crippen molar-refractivity contribution in [3.05, 3.63) is 21.9 Å². The average Bonchev–Trinajstić information content (AvgIpc) is 2.56. The van der Waals surface area contributed by atoms with E-state index in [9.17, 15) is 8.42 Å². The quantitative estimate of drug-likeness (QED) is 0.723. The largest absolute Gasteiger partial charge is 0.312 e. The summed E-state index contributed by atoms with van der Waals surface area (Å²) < 4.78 is 24.0. The van der Waals surface area contributed by atoms with Crippen LogP contribution in [0.5, 0.6) is 0 Å². The molecule has 0 aliphatic heterocycles. The summed E-state index contributed by atoms with van der Waals surface area (Å²) >= 11 is 1.74. The highest BCUT2D eigenvalue weighted by molar-refractivity contribution is 7.88. The number of nitrogens with one attached hydrogen (secondary N) is 2. The normalized spacial score (nSPS) is 11.9. The first kappa shape index (κ1) is 13.6. The van der Waals surface area contributed by atoms with E-state index in [-0.39, 0.29) is 0 Å². The van der Waals surface area contributed by atoms with Gasteiger partial charge in [0.05, 0.1) is 6.26 Å². The van der Waals surface area contributed by atoms with Gasteiger partial charge >= 0.3 is 0 Å². The average molecular weight is 262 g/mol. The van der Waals surface area contributed by atoms with Crippen molar-refractivity contribution in [2.45, 2.75) is 19.9 Å². The maximum atomic E-state index is 10.8. The molecule has 0 spiro atoms. The summed E-state index contributed by atoms with van der Waals surface area (Å²) in [5, 5.41) is 5.37.